The maximum Gasteiger partial charge on any atom is 0.337 e. The Kier molecular flexibility index (Phi) is 6.29. The summed E-state index contributed by atoms with van der Waals surface area (Å²) in [5, 5.41) is 9.00. The van der Waals surface area contributed by atoms with Crippen LogP contribution in [0.15, 0.2) is 18.2 Å². The molecule has 0 aromatic heterocycles. The Hall–Kier alpha value is -1.51. The minimum atomic E-state index is -0.951. The molecule has 1 aliphatic rings. The number of hydrogen-bond donors (Lipinski definition) is 2. The van der Waals surface area contributed by atoms with Gasteiger partial charge in [-0.2, -0.15) is 0 Å². The van der Waals surface area contributed by atoms with E-state index in [1.807, 2.05) is 12.1 Å². The number of carboxylic acid groups (broad SMARTS) is 1. The predicted octanol–water partition coefficient (Wildman–Crippen LogP) is 4.90. The van der Waals surface area contributed by atoms with Gasteiger partial charge in [-0.1, -0.05) is 51.5 Å². The number of carboxylic acids is 1. The van der Waals surface area contributed by atoms with E-state index in [2.05, 4.69) is 6.92 Å². The number of anilines is 1. The van der Waals surface area contributed by atoms with Crippen LogP contribution in [-0.4, -0.2) is 11.1 Å². The Morgan fingerprint density at radius 2 is 2.05 bits per heavy atom. The van der Waals surface area contributed by atoms with Crippen molar-refractivity contribution in [3.8, 4) is 0 Å². The normalized spacial score (nSPS) is 17.3. The van der Waals surface area contributed by atoms with Gasteiger partial charge in [0.2, 0.25) is 0 Å². The topological polar surface area (TPSA) is 63.3 Å². The zero-order valence-corrected chi connectivity index (χ0v) is 13.7. The minimum Gasteiger partial charge on any atom is -0.478 e. The van der Waals surface area contributed by atoms with Crippen molar-refractivity contribution >= 4 is 11.7 Å². The van der Waals surface area contributed by atoms with E-state index >= 15 is 0 Å². The Morgan fingerprint density at radius 1 is 1.32 bits per heavy atom. The number of nitrogens with two attached hydrogens (primary N) is 1. The van der Waals surface area contributed by atoms with Gasteiger partial charge in [0.05, 0.1) is 5.56 Å². The third kappa shape index (κ3) is 4.49. The second-order valence-electron chi connectivity index (χ2n) is 6.69. The van der Waals surface area contributed by atoms with E-state index < -0.39 is 5.97 Å². The van der Waals surface area contributed by atoms with Gasteiger partial charge in [0.1, 0.15) is 0 Å². The van der Waals surface area contributed by atoms with Crippen LogP contribution in [0.5, 0.6) is 0 Å². The Morgan fingerprint density at radius 3 is 2.64 bits per heavy atom. The van der Waals surface area contributed by atoms with Crippen LogP contribution in [0, 0.1) is 11.8 Å². The molecule has 1 unspecified atom stereocenters. The second-order valence-corrected chi connectivity index (χ2v) is 6.69. The number of rotatable bonds is 7. The Labute approximate surface area is 133 Å². The monoisotopic (exact) mass is 303 g/mol. The largest absolute Gasteiger partial charge is 0.478 e. The van der Waals surface area contributed by atoms with Gasteiger partial charge < -0.3 is 10.8 Å². The fourth-order valence-corrected chi connectivity index (χ4v) is 3.91. The molecule has 0 amide bonds. The van der Waals surface area contributed by atoms with Crippen molar-refractivity contribution in [3.05, 3.63) is 29.3 Å². The van der Waals surface area contributed by atoms with Gasteiger partial charge in [0.25, 0.3) is 0 Å². The molecule has 2 rings (SSSR count). The third-order valence-electron chi connectivity index (χ3n) is 5.23. The fraction of sp³-hybridized carbons (Fsp3) is 0.632. The van der Waals surface area contributed by atoms with Crippen LogP contribution >= 0.6 is 0 Å². The summed E-state index contributed by atoms with van der Waals surface area (Å²) in [6.45, 7) is 2.32. The summed E-state index contributed by atoms with van der Waals surface area (Å²) in [7, 11) is 0. The van der Waals surface area contributed by atoms with E-state index in [4.69, 9.17) is 10.8 Å². The summed E-state index contributed by atoms with van der Waals surface area (Å²) in [6, 6.07) is 5.36. The summed E-state index contributed by atoms with van der Waals surface area (Å²) >= 11 is 0. The number of carbonyl (C=O) groups is 1. The van der Waals surface area contributed by atoms with Gasteiger partial charge in [0.15, 0.2) is 0 Å². The molecule has 0 heterocycles. The number of hydrogen-bond acceptors (Lipinski definition) is 2. The first-order chi connectivity index (χ1) is 10.6. The first-order valence-electron chi connectivity index (χ1n) is 8.73. The molecule has 0 spiro atoms. The molecule has 3 N–H and O–H groups in total. The van der Waals surface area contributed by atoms with Gasteiger partial charge in [0, 0.05) is 5.69 Å². The van der Waals surface area contributed by atoms with Crippen LogP contribution in [0.25, 0.3) is 0 Å². The maximum atomic E-state index is 11.0. The van der Waals surface area contributed by atoms with Crippen LogP contribution in [-0.2, 0) is 6.42 Å². The van der Waals surface area contributed by atoms with Crippen molar-refractivity contribution in [2.75, 3.05) is 5.73 Å². The molecule has 22 heavy (non-hydrogen) atoms. The highest BCUT2D eigenvalue weighted by Crippen LogP contribution is 2.34. The molecule has 0 radical (unpaired) electrons. The molecular weight excluding hydrogens is 274 g/mol. The van der Waals surface area contributed by atoms with E-state index in [0.717, 1.165) is 23.8 Å². The fourth-order valence-electron chi connectivity index (χ4n) is 3.91. The average molecular weight is 303 g/mol. The first kappa shape index (κ1) is 16.9. The number of aromatic carboxylic acids is 1. The Balaban J connectivity index is 1.84. The maximum absolute atomic E-state index is 11.0. The van der Waals surface area contributed by atoms with Gasteiger partial charge in [-0.05, 0) is 48.8 Å². The average Bonchev–Trinajstić information content (AvgIpc) is 2.52. The van der Waals surface area contributed by atoms with Crippen molar-refractivity contribution in [3.63, 3.8) is 0 Å². The van der Waals surface area contributed by atoms with Gasteiger partial charge in [-0.25, -0.2) is 4.79 Å². The predicted molar refractivity (Wildman–Crippen MR) is 91.1 cm³/mol. The van der Waals surface area contributed by atoms with Crippen LogP contribution in [0.1, 0.15) is 74.2 Å². The van der Waals surface area contributed by atoms with E-state index in [-0.39, 0.29) is 5.56 Å². The number of nitrogen functional groups attached to an aromatic ring is 1. The molecule has 1 fully saturated rings. The van der Waals surface area contributed by atoms with Gasteiger partial charge >= 0.3 is 5.97 Å². The SMILES string of the molecule is CCC(CCCc1ccc(C(=O)O)c(N)c1)C1CCCCC1. The highest BCUT2D eigenvalue weighted by atomic mass is 16.4. The van der Waals surface area contributed by atoms with Crippen LogP contribution in [0.2, 0.25) is 0 Å². The zero-order chi connectivity index (χ0) is 15.9. The van der Waals surface area contributed by atoms with Crippen LogP contribution in [0.4, 0.5) is 5.69 Å². The number of aryl methyl sites for hydroxylation is 1. The quantitative estimate of drug-likeness (QED) is 0.704. The van der Waals surface area contributed by atoms with Gasteiger partial charge in [-0.3, -0.25) is 0 Å². The third-order valence-corrected chi connectivity index (χ3v) is 5.23. The molecule has 1 aromatic carbocycles. The summed E-state index contributed by atoms with van der Waals surface area (Å²) in [5.74, 6) is 0.835. The molecule has 1 aliphatic carbocycles. The highest BCUT2D eigenvalue weighted by molar-refractivity contribution is 5.93. The Bertz CT molecular complexity index is 492. The second kappa shape index (κ2) is 8.21. The lowest BCUT2D eigenvalue weighted by molar-refractivity contribution is 0.0698. The van der Waals surface area contributed by atoms with Crippen molar-refractivity contribution in [2.45, 2.75) is 64.7 Å². The lowest BCUT2D eigenvalue weighted by atomic mass is 9.76. The minimum absolute atomic E-state index is 0.206. The molecular formula is C19H29NO2. The lowest BCUT2D eigenvalue weighted by Gasteiger charge is -2.29. The number of benzene rings is 1. The van der Waals surface area contributed by atoms with Crippen molar-refractivity contribution in [2.24, 2.45) is 11.8 Å². The van der Waals surface area contributed by atoms with Crippen LogP contribution < -0.4 is 5.73 Å². The van der Waals surface area contributed by atoms with E-state index in [1.54, 1.807) is 6.07 Å². The summed E-state index contributed by atoms with van der Waals surface area (Å²) in [4.78, 5) is 11.0. The molecule has 0 saturated heterocycles. The van der Waals surface area contributed by atoms with E-state index in [0.29, 0.717) is 5.69 Å². The lowest BCUT2D eigenvalue weighted by Crippen LogP contribution is -2.17. The van der Waals surface area contributed by atoms with E-state index in [1.165, 1.54) is 51.4 Å². The molecule has 1 atom stereocenters. The van der Waals surface area contributed by atoms with E-state index in [9.17, 15) is 4.79 Å². The highest BCUT2D eigenvalue weighted by Gasteiger charge is 2.21. The smallest absolute Gasteiger partial charge is 0.337 e. The van der Waals surface area contributed by atoms with Crippen molar-refractivity contribution < 1.29 is 9.90 Å². The van der Waals surface area contributed by atoms with Gasteiger partial charge in [-0.15, -0.1) is 0 Å². The molecule has 0 aliphatic heterocycles. The summed E-state index contributed by atoms with van der Waals surface area (Å²) < 4.78 is 0. The molecule has 3 nitrogen and oxygen atoms in total. The summed E-state index contributed by atoms with van der Waals surface area (Å²) in [6.07, 6.45) is 11.8. The standard InChI is InChI=1S/C19H29NO2/c1-2-15(16-8-4-3-5-9-16)10-6-7-14-11-12-17(19(21)22)18(20)13-14/h11-13,15-16H,2-10,20H2,1H3,(H,21,22). The van der Waals surface area contributed by atoms with Crippen molar-refractivity contribution in [1.82, 2.24) is 0 Å². The zero-order valence-electron chi connectivity index (χ0n) is 13.7. The van der Waals surface area contributed by atoms with Crippen LogP contribution in [0.3, 0.4) is 0 Å². The molecule has 122 valence electrons. The van der Waals surface area contributed by atoms with Crippen molar-refractivity contribution in [1.29, 1.82) is 0 Å². The molecule has 1 aromatic rings. The molecule has 0 bridgehead atoms. The summed E-state index contributed by atoms with van der Waals surface area (Å²) in [5.41, 5.74) is 7.55. The molecule has 3 heteroatoms. The molecule has 1 saturated carbocycles. The first-order valence-corrected chi connectivity index (χ1v) is 8.73.